The Morgan fingerprint density at radius 2 is 1.67 bits per heavy atom. The summed E-state index contributed by atoms with van der Waals surface area (Å²) in [6, 6.07) is 8.90. The molecule has 33 heavy (non-hydrogen) atoms. The molecule has 1 fully saturated rings. The minimum atomic E-state index is -0.0159. The molecule has 0 radical (unpaired) electrons. The van der Waals surface area contributed by atoms with E-state index in [0.717, 1.165) is 42.2 Å². The van der Waals surface area contributed by atoms with E-state index in [0.29, 0.717) is 6.54 Å². The molecule has 4 aliphatic rings. The van der Waals surface area contributed by atoms with E-state index in [9.17, 15) is 4.79 Å². The van der Waals surface area contributed by atoms with Crippen molar-refractivity contribution in [2.45, 2.75) is 37.1 Å². The average molecular weight is 452 g/mol. The van der Waals surface area contributed by atoms with Crippen LogP contribution in [0.4, 0.5) is 0 Å². The summed E-state index contributed by atoms with van der Waals surface area (Å²) in [5.74, 6) is 3.05. The topological polar surface area (TPSA) is 63.7 Å². The first kappa shape index (κ1) is 20.6. The SMILES string of the molecule is COc1cc2c(cc1OC)[C@@H](N(C)C)[C@@H]1Cc3cc4c(cc3C3CN(C=O)[C@H](C2)N31)OCO4. The first-order chi connectivity index (χ1) is 16.0. The summed E-state index contributed by atoms with van der Waals surface area (Å²) < 4.78 is 22.7. The van der Waals surface area contributed by atoms with Crippen molar-refractivity contribution >= 4 is 6.41 Å². The summed E-state index contributed by atoms with van der Waals surface area (Å²) in [6.07, 6.45) is 2.59. The van der Waals surface area contributed by atoms with E-state index in [1.165, 1.54) is 22.3 Å². The summed E-state index contributed by atoms with van der Waals surface area (Å²) in [4.78, 5) is 19.0. The molecule has 174 valence electrons. The minimum Gasteiger partial charge on any atom is -0.493 e. The normalized spacial score (nSPS) is 27.0. The van der Waals surface area contributed by atoms with Gasteiger partial charge < -0.3 is 28.7 Å². The lowest BCUT2D eigenvalue weighted by Crippen LogP contribution is -2.51. The third-order valence-corrected chi connectivity index (χ3v) is 7.70. The number of methoxy groups -OCH3 is 2. The van der Waals surface area contributed by atoms with Gasteiger partial charge in [0.25, 0.3) is 0 Å². The Morgan fingerprint density at radius 1 is 0.970 bits per heavy atom. The van der Waals surface area contributed by atoms with Gasteiger partial charge in [0.05, 0.1) is 32.5 Å². The van der Waals surface area contributed by atoms with Crippen LogP contribution in [0, 0.1) is 0 Å². The van der Waals surface area contributed by atoms with Crippen LogP contribution in [-0.4, -0.2) is 75.0 Å². The molecule has 0 aromatic heterocycles. The number of amides is 1. The number of hydrogen-bond donors (Lipinski definition) is 0. The first-order valence-electron chi connectivity index (χ1n) is 11.4. The van der Waals surface area contributed by atoms with Crippen molar-refractivity contribution in [3.63, 3.8) is 0 Å². The summed E-state index contributed by atoms with van der Waals surface area (Å²) in [7, 11) is 7.59. The molecule has 4 heterocycles. The second kappa shape index (κ2) is 7.53. The second-order valence-electron chi connectivity index (χ2n) is 9.44. The molecular weight excluding hydrogens is 422 g/mol. The van der Waals surface area contributed by atoms with Crippen molar-refractivity contribution in [1.82, 2.24) is 14.7 Å². The second-order valence-corrected chi connectivity index (χ2v) is 9.44. The lowest BCUT2D eigenvalue weighted by atomic mass is 9.83. The molecule has 4 aliphatic heterocycles. The number of rotatable bonds is 4. The molecule has 8 nitrogen and oxygen atoms in total. The number of carbonyl (C=O) groups is 1. The predicted octanol–water partition coefficient (Wildman–Crippen LogP) is 2.36. The van der Waals surface area contributed by atoms with Crippen LogP contribution in [0.2, 0.25) is 0 Å². The molecular formula is C25H29N3O5. The van der Waals surface area contributed by atoms with Crippen molar-refractivity contribution in [3.8, 4) is 23.0 Å². The van der Waals surface area contributed by atoms with Gasteiger partial charge >= 0.3 is 0 Å². The molecule has 0 bridgehead atoms. The van der Waals surface area contributed by atoms with Crippen LogP contribution in [0.25, 0.3) is 0 Å². The number of nitrogens with zero attached hydrogens (tertiary/aromatic N) is 3. The van der Waals surface area contributed by atoms with E-state index in [1.54, 1.807) is 14.2 Å². The van der Waals surface area contributed by atoms with Crippen LogP contribution in [0.15, 0.2) is 24.3 Å². The maximum Gasteiger partial charge on any atom is 0.231 e. The van der Waals surface area contributed by atoms with Gasteiger partial charge in [-0.2, -0.15) is 0 Å². The van der Waals surface area contributed by atoms with Gasteiger partial charge in [-0.25, -0.2) is 0 Å². The fourth-order valence-electron chi connectivity index (χ4n) is 6.35. The van der Waals surface area contributed by atoms with Crippen molar-refractivity contribution in [3.05, 3.63) is 46.5 Å². The van der Waals surface area contributed by atoms with Crippen LogP contribution in [0.5, 0.6) is 23.0 Å². The maximum atomic E-state index is 12.2. The fraction of sp³-hybridized carbons (Fsp3) is 0.480. The molecule has 0 saturated carbocycles. The summed E-state index contributed by atoms with van der Waals surface area (Å²) in [5, 5.41) is 0. The fourth-order valence-corrected chi connectivity index (χ4v) is 6.35. The molecule has 2 aromatic rings. The number of carbonyl (C=O) groups excluding carboxylic acids is 1. The van der Waals surface area contributed by atoms with Crippen LogP contribution in [-0.2, 0) is 17.6 Å². The molecule has 1 saturated heterocycles. The molecule has 0 spiro atoms. The minimum absolute atomic E-state index is 0.0159. The first-order valence-corrected chi connectivity index (χ1v) is 11.4. The molecule has 1 unspecified atom stereocenters. The number of ether oxygens (including phenoxy) is 4. The molecule has 2 aromatic carbocycles. The van der Waals surface area contributed by atoms with Crippen molar-refractivity contribution in [1.29, 1.82) is 0 Å². The van der Waals surface area contributed by atoms with Crippen molar-refractivity contribution in [2.75, 3.05) is 41.7 Å². The molecule has 4 atom stereocenters. The van der Waals surface area contributed by atoms with Gasteiger partial charge in [-0.05, 0) is 67.0 Å². The molecule has 0 aliphatic carbocycles. The highest BCUT2D eigenvalue weighted by atomic mass is 16.7. The van der Waals surface area contributed by atoms with E-state index >= 15 is 0 Å². The molecule has 6 rings (SSSR count). The Balaban J connectivity index is 1.55. The zero-order chi connectivity index (χ0) is 22.9. The van der Waals surface area contributed by atoms with Crippen LogP contribution < -0.4 is 18.9 Å². The number of fused-ring (bicyclic) bond motifs is 4. The lowest BCUT2D eigenvalue weighted by Gasteiger charge is -2.45. The average Bonchev–Trinajstić information content (AvgIpc) is 3.38. The summed E-state index contributed by atoms with van der Waals surface area (Å²) >= 11 is 0. The van der Waals surface area contributed by atoms with Crippen LogP contribution >= 0.6 is 0 Å². The predicted molar refractivity (Wildman–Crippen MR) is 121 cm³/mol. The largest absolute Gasteiger partial charge is 0.493 e. The highest BCUT2D eigenvalue weighted by molar-refractivity contribution is 5.56. The van der Waals surface area contributed by atoms with Gasteiger partial charge in [0, 0.05) is 19.0 Å². The monoisotopic (exact) mass is 451 g/mol. The third kappa shape index (κ3) is 2.93. The molecule has 0 N–H and O–H groups in total. The molecule has 1 amide bonds. The van der Waals surface area contributed by atoms with Crippen LogP contribution in [0.1, 0.15) is 34.3 Å². The Kier molecular flexibility index (Phi) is 4.71. The lowest BCUT2D eigenvalue weighted by molar-refractivity contribution is -0.120. The van der Waals surface area contributed by atoms with Gasteiger partial charge in [-0.15, -0.1) is 0 Å². The maximum absolute atomic E-state index is 12.2. The summed E-state index contributed by atoms with van der Waals surface area (Å²) in [6.45, 7) is 0.925. The van der Waals surface area contributed by atoms with E-state index in [1.807, 2.05) is 4.90 Å². The van der Waals surface area contributed by atoms with E-state index in [-0.39, 0.29) is 31.1 Å². The van der Waals surface area contributed by atoms with E-state index in [4.69, 9.17) is 18.9 Å². The Morgan fingerprint density at radius 3 is 2.36 bits per heavy atom. The molecule has 8 heteroatoms. The van der Waals surface area contributed by atoms with Crippen LogP contribution in [0.3, 0.4) is 0 Å². The standard InChI is InChI=1S/C25H29N3O5/c1-26(2)25-17-10-21(31-4)20(30-3)6-15(17)8-24-27(12-29)11-19-16-9-23-22(32-13-33-23)7-14(16)5-18(25)28(19)24/h6-7,9-10,12,18-19,24-25H,5,8,11,13H2,1-4H3/t18-,19?,24-,25+/m0/s1. The highest BCUT2D eigenvalue weighted by Gasteiger charge is 2.52. The zero-order valence-electron chi connectivity index (χ0n) is 19.4. The van der Waals surface area contributed by atoms with Gasteiger partial charge in [0.1, 0.15) is 0 Å². The van der Waals surface area contributed by atoms with Crippen molar-refractivity contribution < 1.29 is 23.7 Å². The van der Waals surface area contributed by atoms with Gasteiger partial charge in [0.2, 0.25) is 13.2 Å². The zero-order valence-corrected chi connectivity index (χ0v) is 19.4. The van der Waals surface area contributed by atoms with E-state index < -0.39 is 0 Å². The van der Waals surface area contributed by atoms with Gasteiger partial charge in [0.15, 0.2) is 23.0 Å². The Labute approximate surface area is 193 Å². The van der Waals surface area contributed by atoms with Gasteiger partial charge in [-0.1, -0.05) is 0 Å². The Hall–Kier alpha value is -2.97. The highest BCUT2D eigenvalue weighted by Crippen LogP contribution is 2.51. The Bertz CT molecular complexity index is 1120. The van der Waals surface area contributed by atoms with Gasteiger partial charge in [-0.3, -0.25) is 9.69 Å². The third-order valence-electron chi connectivity index (χ3n) is 7.70. The number of likely N-dealkylation sites (N-methyl/N-ethyl adjacent to an activating group) is 1. The van der Waals surface area contributed by atoms with E-state index in [2.05, 4.69) is 48.2 Å². The summed E-state index contributed by atoms with van der Waals surface area (Å²) in [5.41, 5.74) is 4.93. The smallest absolute Gasteiger partial charge is 0.231 e. The quantitative estimate of drug-likeness (QED) is 0.662. The number of hydrogen-bond acceptors (Lipinski definition) is 7. The number of benzene rings is 2. The van der Waals surface area contributed by atoms with Crippen molar-refractivity contribution in [2.24, 2.45) is 0 Å².